The number of benzene rings is 3. The number of sulfonamides is 1. The van der Waals surface area contributed by atoms with Gasteiger partial charge < -0.3 is 0 Å². The van der Waals surface area contributed by atoms with Crippen LogP contribution in [0.2, 0.25) is 0 Å². The highest BCUT2D eigenvalue weighted by atomic mass is 32.2. The van der Waals surface area contributed by atoms with Gasteiger partial charge in [-0.25, -0.2) is 17.2 Å². The van der Waals surface area contributed by atoms with Crippen molar-refractivity contribution in [2.24, 2.45) is 0 Å². The molecule has 2 heterocycles. The van der Waals surface area contributed by atoms with E-state index < -0.39 is 38.3 Å². The van der Waals surface area contributed by atoms with Crippen LogP contribution in [0.3, 0.4) is 0 Å². The number of hydrogen-bond donors (Lipinski definition) is 1. The lowest BCUT2D eigenvalue weighted by Crippen LogP contribution is -2.15. The maximum Gasteiger partial charge on any atom is 0.416 e. The number of rotatable bonds is 5. The lowest BCUT2D eigenvalue weighted by molar-refractivity contribution is -0.137. The van der Waals surface area contributed by atoms with Gasteiger partial charge in [0.1, 0.15) is 16.5 Å². The molecule has 38 heavy (non-hydrogen) atoms. The number of alkyl halides is 3. The lowest BCUT2D eigenvalue weighted by Gasteiger charge is -2.12. The molecule has 3 aromatic carbocycles. The number of hydrogen-bond acceptors (Lipinski definition) is 4. The van der Waals surface area contributed by atoms with Crippen molar-refractivity contribution in [3.63, 3.8) is 0 Å². The van der Waals surface area contributed by atoms with Crippen molar-refractivity contribution in [1.82, 2.24) is 9.97 Å². The van der Waals surface area contributed by atoms with Crippen molar-refractivity contribution < 1.29 is 30.4 Å². The van der Waals surface area contributed by atoms with Gasteiger partial charge in [0, 0.05) is 29.4 Å². The van der Waals surface area contributed by atoms with Gasteiger partial charge in [-0.3, -0.25) is 14.7 Å². The first-order valence-corrected chi connectivity index (χ1v) is 12.5. The Morgan fingerprint density at radius 3 is 2.37 bits per heavy atom. The Morgan fingerprint density at radius 2 is 1.61 bits per heavy atom. The summed E-state index contributed by atoms with van der Waals surface area (Å²) in [5.41, 5.74) is 1.73. The van der Waals surface area contributed by atoms with E-state index in [1.54, 1.807) is 30.3 Å². The SMILES string of the molecule is O=S(=O)(Nc1cncc(-c2ccc3nccc(-c4cccc(C(F)(F)F)c4)c3c2)c1)c1ccc(F)cc1F. The summed E-state index contributed by atoms with van der Waals surface area (Å²) in [6, 6.07) is 15.3. The summed E-state index contributed by atoms with van der Waals surface area (Å²) >= 11 is 0. The number of pyridine rings is 2. The quantitative estimate of drug-likeness (QED) is 0.242. The van der Waals surface area contributed by atoms with Gasteiger partial charge in [0.2, 0.25) is 0 Å². The molecule has 192 valence electrons. The van der Waals surface area contributed by atoms with Crippen LogP contribution in [0.4, 0.5) is 27.6 Å². The molecule has 0 aliphatic rings. The highest BCUT2D eigenvalue weighted by Gasteiger charge is 2.30. The van der Waals surface area contributed by atoms with Gasteiger partial charge >= 0.3 is 6.18 Å². The number of fused-ring (bicyclic) bond motifs is 1. The minimum atomic E-state index is -4.50. The normalized spacial score (nSPS) is 12.0. The fourth-order valence-corrected chi connectivity index (χ4v) is 5.09. The highest BCUT2D eigenvalue weighted by molar-refractivity contribution is 7.92. The van der Waals surface area contributed by atoms with E-state index in [-0.39, 0.29) is 5.69 Å². The summed E-state index contributed by atoms with van der Waals surface area (Å²) in [6.07, 6.45) is -0.305. The molecule has 0 saturated heterocycles. The van der Waals surface area contributed by atoms with Gasteiger partial charge in [0.05, 0.1) is 23.0 Å². The van der Waals surface area contributed by atoms with Crippen molar-refractivity contribution in [3.05, 3.63) is 109 Å². The molecule has 0 unspecified atom stereocenters. The van der Waals surface area contributed by atoms with Gasteiger partial charge in [-0.05, 0) is 65.2 Å². The first kappa shape index (κ1) is 25.3. The predicted octanol–water partition coefficient (Wildman–Crippen LogP) is 7.06. The number of aromatic nitrogens is 2. The second kappa shape index (κ2) is 9.49. The van der Waals surface area contributed by atoms with Crippen LogP contribution >= 0.6 is 0 Å². The summed E-state index contributed by atoms with van der Waals surface area (Å²) in [4.78, 5) is 7.62. The molecule has 5 rings (SSSR count). The molecule has 0 saturated carbocycles. The minimum Gasteiger partial charge on any atom is -0.278 e. The van der Waals surface area contributed by atoms with Crippen molar-refractivity contribution in [2.45, 2.75) is 11.1 Å². The molecular formula is C27H16F5N3O2S. The van der Waals surface area contributed by atoms with Crippen LogP contribution < -0.4 is 4.72 Å². The van der Waals surface area contributed by atoms with Crippen LogP contribution in [0.1, 0.15) is 5.56 Å². The third-order valence-electron chi connectivity index (χ3n) is 5.75. The summed E-state index contributed by atoms with van der Waals surface area (Å²) in [5, 5.41) is 0.573. The van der Waals surface area contributed by atoms with E-state index in [0.717, 1.165) is 24.3 Å². The third kappa shape index (κ3) is 5.05. The zero-order valence-corrected chi connectivity index (χ0v) is 20.0. The fourth-order valence-electron chi connectivity index (χ4n) is 4.00. The summed E-state index contributed by atoms with van der Waals surface area (Å²) in [5.74, 6) is -2.16. The molecule has 11 heteroatoms. The Labute approximate surface area is 213 Å². The fraction of sp³-hybridized carbons (Fsp3) is 0.0370. The van der Waals surface area contributed by atoms with E-state index in [4.69, 9.17) is 0 Å². The zero-order valence-electron chi connectivity index (χ0n) is 19.2. The van der Waals surface area contributed by atoms with Gasteiger partial charge in [-0.15, -0.1) is 0 Å². The third-order valence-corrected chi connectivity index (χ3v) is 7.16. The van der Waals surface area contributed by atoms with E-state index in [1.165, 1.54) is 30.7 Å². The zero-order chi connectivity index (χ0) is 27.1. The van der Waals surface area contributed by atoms with E-state index in [1.807, 2.05) is 0 Å². The topological polar surface area (TPSA) is 72.0 Å². The standard InChI is InChI=1S/C27H16F5N3O2S/c28-20-5-7-26(24(29)13-20)38(36,37)35-21-11-18(14-33-15-21)16-4-6-25-23(12-16)22(8-9-34-25)17-2-1-3-19(10-17)27(30,31)32/h1-15,35H. The molecule has 0 aliphatic carbocycles. The average molecular weight is 542 g/mol. The molecule has 0 atom stereocenters. The van der Waals surface area contributed by atoms with Crippen LogP contribution in [0, 0.1) is 11.6 Å². The average Bonchev–Trinajstić information content (AvgIpc) is 2.87. The Kier molecular flexibility index (Phi) is 6.31. The van der Waals surface area contributed by atoms with Crippen LogP contribution in [-0.2, 0) is 16.2 Å². The van der Waals surface area contributed by atoms with Gasteiger partial charge in [0.25, 0.3) is 10.0 Å². The van der Waals surface area contributed by atoms with Crippen LogP contribution in [0.15, 0.2) is 96.3 Å². The van der Waals surface area contributed by atoms with Gasteiger partial charge in [0.15, 0.2) is 0 Å². The molecule has 0 aliphatic heterocycles. The number of anilines is 1. The van der Waals surface area contributed by atoms with Crippen molar-refractivity contribution in [3.8, 4) is 22.3 Å². The maximum atomic E-state index is 14.1. The largest absolute Gasteiger partial charge is 0.416 e. The van der Waals surface area contributed by atoms with E-state index in [9.17, 15) is 30.4 Å². The smallest absolute Gasteiger partial charge is 0.278 e. The molecule has 1 N–H and O–H groups in total. The lowest BCUT2D eigenvalue weighted by atomic mass is 9.97. The molecule has 0 radical (unpaired) electrons. The van der Waals surface area contributed by atoms with Gasteiger partial charge in [-0.2, -0.15) is 13.2 Å². The van der Waals surface area contributed by atoms with Crippen molar-refractivity contribution in [2.75, 3.05) is 4.72 Å². The first-order valence-electron chi connectivity index (χ1n) is 11.0. The molecule has 5 aromatic rings. The minimum absolute atomic E-state index is 0.0237. The second-order valence-electron chi connectivity index (χ2n) is 8.31. The molecule has 0 spiro atoms. The van der Waals surface area contributed by atoms with Crippen molar-refractivity contribution in [1.29, 1.82) is 0 Å². The Bertz CT molecular complexity index is 1790. The number of nitrogens with one attached hydrogen (secondary N) is 1. The summed E-state index contributed by atoms with van der Waals surface area (Å²) in [7, 11) is -4.39. The molecule has 2 aromatic heterocycles. The summed E-state index contributed by atoms with van der Waals surface area (Å²) < 4.78 is 94.7. The summed E-state index contributed by atoms with van der Waals surface area (Å²) in [6.45, 7) is 0. The number of halogens is 5. The molecule has 5 nitrogen and oxygen atoms in total. The molecule has 0 bridgehead atoms. The highest BCUT2D eigenvalue weighted by Crippen LogP contribution is 2.35. The molecule has 0 fully saturated rings. The van der Waals surface area contributed by atoms with Crippen LogP contribution in [-0.4, -0.2) is 18.4 Å². The second-order valence-corrected chi connectivity index (χ2v) is 9.96. The molecular weight excluding hydrogens is 525 g/mol. The van der Waals surface area contributed by atoms with E-state index >= 15 is 0 Å². The Balaban J connectivity index is 1.53. The molecule has 0 amide bonds. The maximum absolute atomic E-state index is 14.1. The van der Waals surface area contributed by atoms with E-state index in [0.29, 0.717) is 39.2 Å². The van der Waals surface area contributed by atoms with Gasteiger partial charge in [-0.1, -0.05) is 18.2 Å². The van der Waals surface area contributed by atoms with Crippen LogP contribution in [0.5, 0.6) is 0 Å². The van der Waals surface area contributed by atoms with Crippen molar-refractivity contribution >= 4 is 26.6 Å². The predicted molar refractivity (Wildman–Crippen MR) is 133 cm³/mol. The first-order chi connectivity index (χ1) is 18.0. The monoisotopic (exact) mass is 541 g/mol. The van der Waals surface area contributed by atoms with Crippen LogP contribution in [0.25, 0.3) is 33.2 Å². The number of nitrogens with zero attached hydrogens (tertiary/aromatic N) is 2. The Morgan fingerprint density at radius 1 is 0.789 bits per heavy atom. The van der Waals surface area contributed by atoms with E-state index in [2.05, 4.69) is 14.7 Å². The Hall–Kier alpha value is -4.38.